The van der Waals surface area contributed by atoms with Crippen LogP contribution in [-0.4, -0.2) is 49.2 Å². The molecule has 1 fully saturated rings. The fourth-order valence-corrected chi connectivity index (χ4v) is 2.77. The van der Waals surface area contributed by atoms with E-state index in [1.54, 1.807) is 49.7 Å². The molecule has 0 spiro atoms. The van der Waals surface area contributed by atoms with Gasteiger partial charge in [-0.2, -0.15) is 0 Å². The molecule has 1 saturated heterocycles. The molecule has 2 heterocycles. The monoisotopic (exact) mass is 328 g/mol. The first-order chi connectivity index (χ1) is 11.7. The number of benzene rings is 1. The SMILES string of the molecule is COc1ccc(C(=O)N2CCC(Oc3cccnc3)C2)cc1OC. The Morgan fingerprint density at radius 1 is 1.21 bits per heavy atom. The Morgan fingerprint density at radius 3 is 2.75 bits per heavy atom. The molecule has 0 radical (unpaired) electrons. The average molecular weight is 328 g/mol. The second-order valence-electron chi connectivity index (χ2n) is 5.54. The van der Waals surface area contributed by atoms with Crippen LogP contribution in [0.1, 0.15) is 16.8 Å². The lowest BCUT2D eigenvalue weighted by Gasteiger charge is -2.18. The lowest BCUT2D eigenvalue weighted by molar-refractivity contribution is 0.0772. The third-order valence-electron chi connectivity index (χ3n) is 4.00. The summed E-state index contributed by atoms with van der Waals surface area (Å²) in [6.07, 6.45) is 4.17. The van der Waals surface area contributed by atoms with Crippen molar-refractivity contribution < 1.29 is 19.0 Å². The van der Waals surface area contributed by atoms with Gasteiger partial charge in [0.1, 0.15) is 11.9 Å². The van der Waals surface area contributed by atoms with Crippen molar-refractivity contribution in [2.45, 2.75) is 12.5 Å². The Hall–Kier alpha value is -2.76. The van der Waals surface area contributed by atoms with Crippen molar-refractivity contribution in [1.29, 1.82) is 0 Å². The molecule has 0 N–H and O–H groups in total. The lowest BCUT2D eigenvalue weighted by Crippen LogP contribution is -2.30. The number of carbonyl (C=O) groups is 1. The van der Waals surface area contributed by atoms with Crippen LogP contribution in [0.4, 0.5) is 0 Å². The number of amides is 1. The van der Waals surface area contributed by atoms with Crippen molar-refractivity contribution in [3.8, 4) is 17.2 Å². The number of methoxy groups -OCH3 is 2. The van der Waals surface area contributed by atoms with Crippen LogP contribution in [0.5, 0.6) is 17.2 Å². The van der Waals surface area contributed by atoms with Crippen LogP contribution in [0.25, 0.3) is 0 Å². The molecule has 0 aliphatic carbocycles. The van der Waals surface area contributed by atoms with Crippen molar-refractivity contribution >= 4 is 5.91 Å². The summed E-state index contributed by atoms with van der Waals surface area (Å²) >= 11 is 0. The summed E-state index contributed by atoms with van der Waals surface area (Å²) in [7, 11) is 3.12. The first-order valence-electron chi connectivity index (χ1n) is 7.79. The fourth-order valence-electron chi connectivity index (χ4n) is 2.77. The molecule has 1 amide bonds. The van der Waals surface area contributed by atoms with Gasteiger partial charge in [0.25, 0.3) is 5.91 Å². The molecule has 1 aromatic carbocycles. The maximum atomic E-state index is 12.7. The first kappa shape index (κ1) is 16.1. The van der Waals surface area contributed by atoms with Gasteiger partial charge in [-0.1, -0.05) is 0 Å². The van der Waals surface area contributed by atoms with E-state index in [0.29, 0.717) is 30.2 Å². The smallest absolute Gasteiger partial charge is 0.254 e. The van der Waals surface area contributed by atoms with Crippen molar-refractivity contribution in [1.82, 2.24) is 9.88 Å². The predicted molar refractivity (Wildman–Crippen MR) is 88.7 cm³/mol. The highest BCUT2D eigenvalue weighted by Gasteiger charge is 2.28. The zero-order chi connectivity index (χ0) is 16.9. The van der Waals surface area contributed by atoms with E-state index in [4.69, 9.17) is 14.2 Å². The van der Waals surface area contributed by atoms with E-state index in [1.165, 1.54) is 0 Å². The number of carbonyl (C=O) groups excluding carboxylic acids is 1. The predicted octanol–water partition coefficient (Wildman–Crippen LogP) is 2.39. The van der Waals surface area contributed by atoms with Crippen LogP contribution < -0.4 is 14.2 Å². The molecular formula is C18H20N2O4. The minimum absolute atomic E-state index is 0.0155. The van der Waals surface area contributed by atoms with Crippen LogP contribution in [0.3, 0.4) is 0 Å². The number of hydrogen-bond donors (Lipinski definition) is 0. The Morgan fingerprint density at radius 2 is 2.04 bits per heavy atom. The third kappa shape index (κ3) is 3.42. The molecule has 1 unspecified atom stereocenters. The fraction of sp³-hybridized carbons (Fsp3) is 0.333. The van der Waals surface area contributed by atoms with Gasteiger partial charge < -0.3 is 19.1 Å². The molecule has 3 rings (SSSR count). The Balaban J connectivity index is 1.66. The maximum Gasteiger partial charge on any atom is 0.254 e. The van der Waals surface area contributed by atoms with Gasteiger partial charge in [-0.05, 0) is 30.3 Å². The maximum absolute atomic E-state index is 12.7. The van der Waals surface area contributed by atoms with Crippen LogP contribution in [0, 0.1) is 0 Å². The highest BCUT2D eigenvalue weighted by Crippen LogP contribution is 2.28. The average Bonchev–Trinajstić information content (AvgIpc) is 3.09. The molecular weight excluding hydrogens is 308 g/mol. The van der Waals surface area contributed by atoms with E-state index < -0.39 is 0 Å². The Bertz CT molecular complexity index is 705. The Labute approximate surface area is 141 Å². The second kappa shape index (κ2) is 7.21. The number of ether oxygens (including phenoxy) is 3. The largest absolute Gasteiger partial charge is 0.493 e. The lowest BCUT2D eigenvalue weighted by atomic mass is 10.1. The van der Waals surface area contributed by atoms with Crippen LogP contribution in [0.15, 0.2) is 42.7 Å². The summed E-state index contributed by atoms with van der Waals surface area (Å²) in [4.78, 5) is 18.5. The molecule has 0 saturated carbocycles. The number of hydrogen-bond acceptors (Lipinski definition) is 5. The number of likely N-dealkylation sites (tertiary alicyclic amines) is 1. The standard InChI is InChI=1S/C18H20N2O4/c1-22-16-6-5-13(10-17(16)23-2)18(21)20-9-7-15(12-20)24-14-4-3-8-19-11-14/h3-6,8,10-11,15H,7,9,12H2,1-2H3. The molecule has 6 nitrogen and oxygen atoms in total. The van der Waals surface area contributed by atoms with Crippen molar-refractivity contribution in [2.24, 2.45) is 0 Å². The summed E-state index contributed by atoms with van der Waals surface area (Å²) in [5, 5.41) is 0. The molecule has 1 atom stereocenters. The molecule has 0 bridgehead atoms. The van der Waals surface area contributed by atoms with E-state index in [2.05, 4.69) is 4.98 Å². The van der Waals surface area contributed by atoms with Crippen molar-refractivity contribution in [3.63, 3.8) is 0 Å². The Kier molecular flexibility index (Phi) is 4.84. The molecule has 126 valence electrons. The summed E-state index contributed by atoms with van der Waals surface area (Å²) < 4.78 is 16.3. The zero-order valence-electron chi connectivity index (χ0n) is 13.8. The van der Waals surface area contributed by atoms with E-state index >= 15 is 0 Å². The number of nitrogens with zero attached hydrogens (tertiary/aromatic N) is 2. The topological polar surface area (TPSA) is 60.9 Å². The molecule has 1 aliphatic heterocycles. The van der Waals surface area contributed by atoms with Gasteiger partial charge in [0.2, 0.25) is 0 Å². The van der Waals surface area contributed by atoms with Crippen LogP contribution in [-0.2, 0) is 0 Å². The quantitative estimate of drug-likeness (QED) is 0.843. The number of aromatic nitrogens is 1. The van der Waals surface area contributed by atoms with Crippen LogP contribution >= 0.6 is 0 Å². The van der Waals surface area contributed by atoms with E-state index in [1.807, 2.05) is 12.1 Å². The van der Waals surface area contributed by atoms with Gasteiger partial charge in [0.05, 0.1) is 27.0 Å². The van der Waals surface area contributed by atoms with Crippen molar-refractivity contribution in [2.75, 3.05) is 27.3 Å². The van der Waals surface area contributed by atoms with Gasteiger partial charge in [0.15, 0.2) is 11.5 Å². The van der Waals surface area contributed by atoms with E-state index in [9.17, 15) is 4.79 Å². The highest BCUT2D eigenvalue weighted by molar-refractivity contribution is 5.95. The minimum atomic E-state index is -0.0340. The third-order valence-corrected chi connectivity index (χ3v) is 4.00. The van der Waals surface area contributed by atoms with E-state index in [-0.39, 0.29) is 12.0 Å². The van der Waals surface area contributed by atoms with Gasteiger partial charge >= 0.3 is 0 Å². The summed E-state index contributed by atoms with van der Waals surface area (Å²) in [5.74, 6) is 1.84. The van der Waals surface area contributed by atoms with Gasteiger partial charge in [0, 0.05) is 24.7 Å². The molecule has 6 heteroatoms. The molecule has 24 heavy (non-hydrogen) atoms. The summed E-state index contributed by atoms with van der Waals surface area (Å²) in [6, 6.07) is 8.89. The van der Waals surface area contributed by atoms with E-state index in [0.717, 1.165) is 12.2 Å². The molecule has 2 aromatic rings. The highest BCUT2D eigenvalue weighted by atomic mass is 16.5. The molecule has 1 aromatic heterocycles. The van der Waals surface area contributed by atoms with Crippen LogP contribution in [0.2, 0.25) is 0 Å². The van der Waals surface area contributed by atoms with Gasteiger partial charge in [-0.25, -0.2) is 0 Å². The van der Waals surface area contributed by atoms with Gasteiger partial charge in [-0.3, -0.25) is 9.78 Å². The minimum Gasteiger partial charge on any atom is -0.493 e. The van der Waals surface area contributed by atoms with Crippen molar-refractivity contribution in [3.05, 3.63) is 48.3 Å². The number of rotatable bonds is 5. The summed E-state index contributed by atoms with van der Waals surface area (Å²) in [5.41, 5.74) is 0.578. The zero-order valence-corrected chi connectivity index (χ0v) is 13.8. The molecule has 1 aliphatic rings. The first-order valence-corrected chi connectivity index (χ1v) is 7.79. The normalized spacial score (nSPS) is 16.8. The number of pyridine rings is 1. The van der Waals surface area contributed by atoms with Gasteiger partial charge in [-0.15, -0.1) is 0 Å². The second-order valence-corrected chi connectivity index (χ2v) is 5.54. The summed E-state index contributed by atoms with van der Waals surface area (Å²) in [6.45, 7) is 1.22.